The molecule has 0 radical (unpaired) electrons. The van der Waals surface area contributed by atoms with Crippen molar-refractivity contribution in [1.82, 2.24) is 4.98 Å². The Morgan fingerprint density at radius 2 is 2.00 bits per heavy atom. The second kappa shape index (κ2) is 4.35. The zero-order chi connectivity index (χ0) is 10.7. The van der Waals surface area contributed by atoms with Gasteiger partial charge in [0.25, 0.3) is 12.0 Å². The lowest BCUT2D eigenvalue weighted by molar-refractivity contribution is 0.149. The number of aryl methyl sites for hydroxylation is 2. The van der Waals surface area contributed by atoms with Crippen molar-refractivity contribution in [2.24, 2.45) is 0 Å². The average molecular weight is 201 g/mol. The molecule has 0 atom stereocenters. The van der Waals surface area contributed by atoms with Crippen LogP contribution in [-0.2, 0) is 12.8 Å². The first kappa shape index (κ1) is 10.9. The quantitative estimate of drug-likeness (QED) is 0.800. The molecule has 0 bridgehead atoms. The maximum Gasteiger partial charge on any atom is 0.269 e. The van der Waals surface area contributed by atoms with Gasteiger partial charge in [0.15, 0.2) is 0 Å². The van der Waals surface area contributed by atoms with Gasteiger partial charge in [-0.1, -0.05) is 13.8 Å². The van der Waals surface area contributed by atoms with E-state index in [2.05, 4.69) is 4.98 Å². The van der Waals surface area contributed by atoms with Crippen LogP contribution in [0.1, 0.15) is 37.1 Å². The summed E-state index contributed by atoms with van der Waals surface area (Å²) in [6.07, 6.45) is -1.39. The maximum absolute atomic E-state index is 12.4. The minimum absolute atomic E-state index is 0.431. The Labute approximate surface area is 81.0 Å². The molecule has 0 unspecified atom stereocenters. The lowest BCUT2D eigenvalue weighted by Gasteiger charge is -2.07. The summed E-state index contributed by atoms with van der Waals surface area (Å²) >= 11 is 0. The fraction of sp³-hybridized carbons (Fsp3) is 0.500. The molecule has 1 N–H and O–H groups in total. The van der Waals surface area contributed by atoms with Crippen LogP contribution in [0.2, 0.25) is 0 Å². The molecule has 0 spiro atoms. The zero-order valence-corrected chi connectivity index (χ0v) is 8.23. The predicted octanol–water partition coefficient (Wildman–Crippen LogP) is 2.44. The fourth-order valence-corrected chi connectivity index (χ4v) is 1.42. The summed E-state index contributed by atoms with van der Waals surface area (Å²) in [4.78, 5) is 13.7. The van der Waals surface area contributed by atoms with E-state index in [1.807, 2.05) is 13.8 Å². The van der Waals surface area contributed by atoms with E-state index in [0.29, 0.717) is 12.8 Å². The third-order valence-electron chi connectivity index (χ3n) is 2.21. The van der Waals surface area contributed by atoms with Crippen molar-refractivity contribution in [3.63, 3.8) is 0 Å². The van der Waals surface area contributed by atoms with Gasteiger partial charge in [-0.3, -0.25) is 4.79 Å². The highest BCUT2D eigenvalue weighted by Crippen LogP contribution is 2.17. The predicted molar refractivity (Wildman–Crippen MR) is 50.8 cm³/mol. The minimum Gasteiger partial charge on any atom is -0.326 e. The first-order valence-electron chi connectivity index (χ1n) is 4.63. The number of pyridine rings is 1. The highest BCUT2D eigenvalue weighted by Gasteiger charge is 2.14. The Bertz CT molecular complexity index is 371. The van der Waals surface area contributed by atoms with E-state index >= 15 is 0 Å². The van der Waals surface area contributed by atoms with Crippen LogP contribution in [-0.4, -0.2) is 4.98 Å². The van der Waals surface area contributed by atoms with Crippen LogP contribution >= 0.6 is 0 Å². The molecule has 4 heteroatoms. The first-order valence-corrected chi connectivity index (χ1v) is 4.63. The molecule has 0 saturated carbocycles. The van der Waals surface area contributed by atoms with Gasteiger partial charge in [0.05, 0.1) is 5.56 Å². The number of halogens is 2. The summed E-state index contributed by atoms with van der Waals surface area (Å²) in [5.41, 5.74) is 0.442. The lowest BCUT2D eigenvalue weighted by Crippen LogP contribution is -2.16. The van der Waals surface area contributed by atoms with E-state index in [1.54, 1.807) is 0 Å². The molecule has 0 aliphatic carbocycles. The van der Waals surface area contributed by atoms with Gasteiger partial charge in [-0.15, -0.1) is 0 Å². The number of H-pyrrole nitrogens is 1. The van der Waals surface area contributed by atoms with Gasteiger partial charge in [0.1, 0.15) is 0 Å². The summed E-state index contributed by atoms with van der Waals surface area (Å²) in [5, 5.41) is 0. The molecule has 1 aromatic heterocycles. The van der Waals surface area contributed by atoms with Gasteiger partial charge < -0.3 is 4.98 Å². The van der Waals surface area contributed by atoms with Gasteiger partial charge in [-0.2, -0.15) is 0 Å². The number of hydrogen-bond donors (Lipinski definition) is 1. The van der Waals surface area contributed by atoms with E-state index in [0.717, 1.165) is 11.3 Å². The van der Waals surface area contributed by atoms with E-state index in [-0.39, 0.29) is 0 Å². The average Bonchev–Trinajstić information content (AvgIpc) is 2.16. The molecule has 2 nitrogen and oxygen atoms in total. The van der Waals surface area contributed by atoms with Crippen molar-refractivity contribution in [1.29, 1.82) is 0 Å². The molecule has 0 aliphatic heterocycles. The normalized spacial score (nSPS) is 10.9. The van der Waals surface area contributed by atoms with E-state index in [1.165, 1.54) is 6.07 Å². The summed E-state index contributed by atoms with van der Waals surface area (Å²) < 4.78 is 24.7. The van der Waals surface area contributed by atoms with Gasteiger partial charge in [0, 0.05) is 5.69 Å². The maximum atomic E-state index is 12.4. The van der Waals surface area contributed by atoms with Crippen LogP contribution in [0.15, 0.2) is 10.9 Å². The molecule has 0 fully saturated rings. The standard InChI is InChI=1S/C10H13F2NO/c1-3-6-5-7(9(11)12)10(14)13-8(6)4-2/h5,9H,3-4H2,1-2H3,(H,13,14). The minimum atomic E-state index is -2.70. The number of aromatic nitrogens is 1. The molecule has 0 saturated heterocycles. The third-order valence-corrected chi connectivity index (χ3v) is 2.21. The van der Waals surface area contributed by atoms with Crippen molar-refractivity contribution in [3.05, 3.63) is 33.2 Å². The SMILES string of the molecule is CCc1cc(C(F)F)c(=O)[nH]c1CC. The summed E-state index contributed by atoms with van der Waals surface area (Å²) in [6.45, 7) is 3.76. The third kappa shape index (κ3) is 2.00. The van der Waals surface area contributed by atoms with Crippen LogP contribution in [0.5, 0.6) is 0 Å². The highest BCUT2D eigenvalue weighted by atomic mass is 19.3. The highest BCUT2D eigenvalue weighted by molar-refractivity contribution is 5.26. The Balaban J connectivity index is 3.31. The van der Waals surface area contributed by atoms with Crippen molar-refractivity contribution in [2.75, 3.05) is 0 Å². The molecule has 1 aromatic rings. The van der Waals surface area contributed by atoms with Gasteiger partial charge in [0.2, 0.25) is 0 Å². The lowest BCUT2D eigenvalue weighted by atomic mass is 10.1. The number of nitrogens with one attached hydrogen (secondary N) is 1. The van der Waals surface area contributed by atoms with Gasteiger partial charge in [-0.25, -0.2) is 8.78 Å². The largest absolute Gasteiger partial charge is 0.326 e. The van der Waals surface area contributed by atoms with Crippen molar-refractivity contribution in [2.45, 2.75) is 33.1 Å². The molecule has 0 aromatic carbocycles. The van der Waals surface area contributed by atoms with Crippen LogP contribution < -0.4 is 5.56 Å². The van der Waals surface area contributed by atoms with Crippen molar-refractivity contribution >= 4 is 0 Å². The monoisotopic (exact) mass is 201 g/mol. The Kier molecular flexibility index (Phi) is 3.38. The van der Waals surface area contributed by atoms with Crippen LogP contribution in [0.3, 0.4) is 0 Å². The number of alkyl halides is 2. The second-order valence-corrected chi connectivity index (χ2v) is 3.07. The molecule has 78 valence electrons. The first-order chi connectivity index (χ1) is 6.60. The number of aromatic amines is 1. The van der Waals surface area contributed by atoms with Gasteiger partial charge in [-0.05, 0) is 24.5 Å². The van der Waals surface area contributed by atoms with E-state index < -0.39 is 17.5 Å². The Morgan fingerprint density at radius 3 is 2.43 bits per heavy atom. The fourth-order valence-electron chi connectivity index (χ4n) is 1.42. The van der Waals surface area contributed by atoms with E-state index in [9.17, 15) is 13.6 Å². The van der Waals surface area contributed by atoms with Crippen molar-refractivity contribution in [3.8, 4) is 0 Å². The number of hydrogen-bond acceptors (Lipinski definition) is 1. The molecule has 0 aliphatic rings. The molecule has 1 rings (SSSR count). The molecule has 14 heavy (non-hydrogen) atoms. The van der Waals surface area contributed by atoms with Crippen LogP contribution in [0, 0.1) is 0 Å². The smallest absolute Gasteiger partial charge is 0.269 e. The van der Waals surface area contributed by atoms with Gasteiger partial charge >= 0.3 is 0 Å². The Hall–Kier alpha value is -1.19. The number of rotatable bonds is 3. The molecule has 0 amide bonds. The van der Waals surface area contributed by atoms with Crippen LogP contribution in [0.4, 0.5) is 8.78 Å². The van der Waals surface area contributed by atoms with Crippen LogP contribution in [0.25, 0.3) is 0 Å². The summed E-state index contributed by atoms with van der Waals surface area (Å²) in [7, 11) is 0. The molecule has 1 heterocycles. The second-order valence-electron chi connectivity index (χ2n) is 3.07. The zero-order valence-electron chi connectivity index (χ0n) is 8.23. The molecular formula is C10H13F2NO. The van der Waals surface area contributed by atoms with E-state index in [4.69, 9.17) is 0 Å². The topological polar surface area (TPSA) is 32.9 Å². The summed E-state index contributed by atoms with van der Waals surface area (Å²) in [5.74, 6) is 0. The van der Waals surface area contributed by atoms with Crippen molar-refractivity contribution < 1.29 is 8.78 Å². The molecular weight excluding hydrogens is 188 g/mol. The summed E-state index contributed by atoms with van der Waals surface area (Å²) in [6, 6.07) is 1.31. The Morgan fingerprint density at radius 1 is 1.36 bits per heavy atom.